The SMILES string of the molecule is COc1nnc(NC(=O)N[C@H]2CCCc3occc32)s1. The minimum Gasteiger partial charge on any atom is -0.472 e. The van der Waals surface area contributed by atoms with E-state index in [0.717, 1.165) is 30.6 Å². The number of nitrogens with one attached hydrogen (secondary N) is 2. The number of furan rings is 1. The van der Waals surface area contributed by atoms with Gasteiger partial charge >= 0.3 is 6.03 Å². The summed E-state index contributed by atoms with van der Waals surface area (Å²) in [5.41, 5.74) is 1.06. The van der Waals surface area contributed by atoms with Crippen molar-refractivity contribution in [3.05, 3.63) is 23.7 Å². The first kappa shape index (κ1) is 12.9. The van der Waals surface area contributed by atoms with Crippen LogP contribution in [0, 0.1) is 0 Å². The first-order valence-electron chi connectivity index (χ1n) is 6.27. The summed E-state index contributed by atoms with van der Waals surface area (Å²) >= 11 is 1.18. The van der Waals surface area contributed by atoms with Crippen molar-refractivity contribution in [1.29, 1.82) is 0 Å². The van der Waals surface area contributed by atoms with Gasteiger partial charge in [0.25, 0.3) is 5.19 Å². The van der Waals surface area contributed by atoms with Gasteiger partial charge in [0.2, 0.25) is 5.13 Å². The molecule has 2 N–H and O–H groups in total. The van der Waals surface area contributed by atoms with E-state index in [9.17, 15) is 4.79 Å². The molecule has 8 heteroatoms. The smallest absolute Gasteiger partial charge is 0.321 e. The fourth-order valence-electron chi connectivity index (χ4n) is 2.27. The molecule has 0 saturated heterocycles. The van der Waals surface area contributed by atoms with Gasteiger partial charge in [-0.1, -0.05) is 5.10 Å². The van der Waals surface area contributed by atoms with Gasteiger partial charge in [0.15, 0.2) is 0 Å². The van der Waals surface area contributed by atoms with Crippen molar-refractivity contribution < 1.29 is 13.9 Å². The van der Waals surface area contributed by atoms with Crippen LogP contribution in [0.15, 0.2) is 16.7 Å². The van der Waals surface area contributed by atoms with E-state index in [0.29, 0.717) is 10.3 Å². The first-order chi connectivity index (χ1) is 9.76. The molecule has 1 atom stereocenters. The Kier molecular flexibility index (Phi) is 3.55. The summed E-state index contributed by atoms with van der Waals surface area (Å²) in [7, 11) is 1.51. The van der Waals surface area contributed by atoms with Crippen LogP contribution in [-0.4, -0.2) is 23.3 Å². The summed E-state index contributed by atoms with van der Waals surface area (Å²) in [6, 6.07) is 1.59. The minimum absolute atomic E-state index is 0.0210. The van der Waals surface area contributed by atoms with Gasteiger partial charge in [-0.3, -0.25) is 5.32 Å². The normalized spacial score (nSPS) is 17.4. The maximum Gasteiger partial charge on any atom is 0.321 e. The monoisotopic (exact) mass is 294 g/mol. The number of nitrogens with zero attached hydrogens (tertiary/aromatic N) is 2. The highest BCUT2D eigenvalue weighted by Gasteiger charge is 2.24. The molecule has 2 aromatic heterocycles. The number of urea groups is 1. The third-order valence-corrected chi connectivity index (χ3v) is 3.96. The molecule has 0 fully saturated rings. The lowest BCUT2D eigenvalue weighted by Crippen LogP contribution is -2.34. The molecule has 2 amide bonds. The van der Waals surface area contributed by atoms with Gasteiger partial charge in [0, 0.05) is 12.0 Å². The number of methoxy groups -OCH3 is 1. The Morgan fingerprint density at radius 3 is 3.25 bits per heavy atom. The van der Waals surface area contributed by atoms with Crippen LogP contribution in [0.3, 0.4) is 0 Å². The number of amides is 2. The molecule has 0 spiro atoms. The van der Waals surface area contributed by atoms with Gasteiger partial charge in [-0.2, -0.15) is 0 Å². The fourth-order valence-corrected chi connectivity index (χ4v) is 2.83. The third-order valence-electron chi connectivity index (χ3n) is 3.16. The molecule has 7 nitrogen and oxygen atoms in total. The van der Waals surface area contributed by atoms with Crippen LogP contribution in [0.5, 0.6) is 5.19 Å². The third kappa shape index (κ3) is 2.60. The molecule has 0 aliphatic heterocycles. The maximum atomic E-state index is 12.0. The predicted molar refractivity (Wildman–Crippen MR) is 73.0 cm³/mol. The van der Waals surface area contributed by atoms with Crippen LogP contribution >= 0.6 is 11.3 Å². The molecule has 20 heavy (non-hydrogen) atoms. The average Bonchev–Trinajstić information content (AvgIpc) is 3.07. The number of aromatic nitrogens is 2. The van der Waals surface area contributed by atoms with E-state index in [2.05, 4.69) is 20.8 Å². The Morgan fingerprint density at radius 2 is 2.45 bits per heavy atom. The molecule has 0 unspecified atom stereocenters. The second-order valence-corrected chi connectivity index (χ2v) is 5.36. The summed E-state index contributed by atoms with van der Waals surface area (Å²) in [4.78, 5) is 12.0. The van der Waals surface area contributed by atoms with Crippen molar-refractivity contribution in [3.8, 4) is 5.19 Å². The lowest BCUT2D eigenvalue weighted by Gasteiger charge is -2.22. The van der Waals surface area contributed by atoms with Crippen LogP contribution in [0.4, 0.5) is 9.93 Å². The Labute approximate surface area is 119 Å². The molecule has 0 saturated carbocycles. The van der Waals surface area contributed by atoms with Gasteiger partial charge in [-0.15, -0.1) is 5.10 Å². The standard InChI is InChI=1S/C12H14N4O3S/c1-18-12-16-15-11(20-12)14-10(17)13-8-3-2-4-9-7(8)5-6-19-9/h5-6,8H,2-4H2,1H3,(H2,13,14,15,17)/t8-/m0/s1. The minimum atomic E-state index is -0.303. The van der Waals surface area contributed by atoms with Crippen molar-refractivity contribution in [1.82, 2.24) is 15.5 Å². The van der Waals surface area contributed by atoms with E-state index in [1.165, 1.54) is 18.4 Å². The molecule has 2 aromatic rings. The highest BCUT2D eigenvalue weighted by molar-refractivity contribution is 7.17. The van der Waals surface area contributed by atoms with Crippen molar-refractivity contribution in [2.45, 2.75) is 25.3 Å². The number of carbonyl (C=O) groups excluding carboxylic acids is 1. The van der Waals surface area contributed by atoms with E-state index in [-0.39, 0.29) is 12.1 Å². The van der Waals surface area contributed by atoms with Gasteiger partial charge in [0.05, 0.1) is 19.4 Å². The van der Waals surface area contributed by atoms with Gasteiger partial charge < -0.3 is 14.5 Å². The Bertz CT molecular complexity index is 609. The van der Waals surface area contributed by atoms with Crippen molar-refractivity contribution in [2.24, 2.45) is 0 Å². The zero-order valence-electron chi connectivity index (χ0n) is 10.9. The number of ether oxygens (including phenoxy) is 1. The number of aryl methyl sites for hydroxylation is 1. The van der Waals surface area contributed by atoms with E-state index < -0.39 is 0 Å². The lowest BCUT2D eigenvalue weighted by molar-refractivity contribution is 0.246. The summed E-state index contributed by atoms with van der Waals surface area (Å²) in [5.74, 6) is 0.958. The summed E-state index contributed by atoms with van der Waals surface area (Å²) in [5, 5.41) is 14.0. The highest BCUT2D eigenvalue weighted by Crippen LogP contribution is 2.30. The van der Waals surface area contributed by atoms with Crippen molar-refractivity contribution >= 4 is 22.5 Å². The van der Waals surface area contributed by atoms with Gasteiger partial charge in [-0.05, 0) is 30.2 Å². The second-order valence-electron chi connectivity index (χ2n) is 4.42. The number of hydrogen-bond donors (Lipinski definition) is 2. The summed E-state index contributed by atoms with van der Waals surface area (Å²) < 4.78 is 10.3. The number of rotatable bonds is 3. The largest absolute Gasteiger partial charge is 0.472 e. The molecule has 106 valence electrons. The Morgan fingerprint density at radius 1 is 1.55 bits per heavy atom. The molecule has 0 bridgehead atoms. The lowest BCUT2D eigenvalue weighted by atomic mass is 9.93. The zero-order valence-corrected chi connectivity index (χ0v) is 11.7. The Balaban J connectivity index is 1.62. The highest BCUT2D eigenvalue weighted by atomic mass is 32.1. The molecule has 1 aliphatic rings. The summed E-state index contributed by atoms with van der Waals surface area (Å²) in [6.07, 6.45) is 4.49. The van der Waals surface area contributed by atoms with Crippen molar-refractivity contribution in [3.63, 3.8) is 0 Å². The fraction of sp³-hybridized carbons (Fsp3) is 0.417. The van der Waals surface area contributed by atoms with Crippen LogP contribution in [0.25, 0.3) is 0 Å². The molecule has 2 heterocycles. The van der Waals surface area contributed by atoms with Crippen molar-refractivity contribution in [2.75, 3.05) is 12.4 Å². The van der Waals surface area contributed by atoms with Gasteiger partial charge in [-0.25, -0.2) is 4.79 Å². The quantitative estimate of drug-likeness (QED) is 0.907. The molecular formula is C12H14N4O3S. The molecule has 1 aliphatic carbocycles. The van der Waals surface area contributed by atoms with Crippen LogP contribution in [0.1, 0.15) is 30.2 Å². The van der Waals surface area contributed by atoms with Crippen LogP contribution < -0.4 is 15.4 Å². The van der Waals surface area contributed by atoms with Gasteiger partial charge in [0.1, 0.15) is 5.76 Å². The molecule has 0 radical (unpaired) electrons. The van der Waals surface area contributed by atoms with Crippen LogP contribution in [-0.2, 0) is 6.42 Å². The van der Waals surface area contributed by atoms with E-state index in [1.54, 1.807) is 6.26 Å². The molecular weight excluding hydrogens is 280 g/mol. The van der Waals surface area contributed by atoms with E-state index in [1.807, 2.05) is 6.07 Å². The van der Waals surface area contributed by atoms with E-state index in [4.69, 9.17) is 9.15 Å². The summed E-state index contributed by atoms with van der Waals surface area (Å²) in [6.45, 7) is 0. The topological polar surface area (TPSA) is 89.3 Å². The number of carbonyl (C=O) groups is 1. The zero-order chi connectivity index (χ0) is 13.9. The number of hydrogen-bond acceptors (Lipinski definition) is 6. The Hall–Kier alpha value is -2.09. The number of anilines is 1. The molecule has 0 aromatic carbocycles. The average molecular weight is 294 g/mol. The first-order valence-corrected chi connectivity index (χ1v) is 7.09. The maximum absolute atomic E-state index is 12.0. The van der Waals surface area contributed by atoms with Crippen LogP contribution in [0.2, 0.25) is 0 Å². The number of fused-ring (bicyclic) bond motifs is 1. The predicted octanol–water partition coefficient (Wildman–Crippen LogP) is 2.34. The van der Waals surface area contributed by atoms with E-state index >= 15 is 0 Å². The molecule has 3 rings (SSSR count). The second kappa shape index (κ2) is 5.49.